The molecule has 0 aliphatic heterocycles. The Kier molecular flexibility index (Phi) is 6.41. The molecule has 1 aromatic carbocycles. The van der Waals surface area contributed by atoms with E-state index < -0.39 is 13.2 Å². The van der Waals surface area contributed by atoms with E-state index in [0.29, 0.717) is 0 Å². The van der Waals surface area contributed by atoms with Crippen molar-refractivity contribution in [2.24, 2.45) is 5.92 Å². The molecule has 0 aromatic heterocycles. The van der Waals surface area contributed by atoms with Crippen molar-refractivity contribution in [2.75, 3.05) is 0 Å². The number of fused-ring (bicyclic) bond motifs is 2. The van der Waals surface area contributed by atoms with E-state index in [9.17, 15) is 9.90 Å². The Bertz CT molecular complexity index is 696. The molecule has 1 aromatic rings. The van der Waals surface area contributed by atoms with Gasteiger partial charge in [-0.05, 0) is 83.8 Å². The van der Waals surface area contributed by atoms with Crippen molar-refractivity contribution in [1.82, 2.24) is 0 Å². The van der Waals surface area contributed by atoms with E-state index in [1.165, 1.54) is 23.3 Å². The van der Waals surface area contributed by atoms with Crippen molar-refractivity contribution < 1.29 is 9.90 Å². The third kappa shape index (κ3) is 3.71. The highest BCUT2D eigenvalue weighted by molar-refractivity contribution is 8.29. The fourth-order valence-corrected chi connectivity index (χ4v) is 15.5. The molecule has 0 saturated heterocycles. The summed E-state index contributed by atoms with van der Waals surface area (Å²) in [5.74, 6) is -0.728. The standard InChI is InChI=1S/C24H38O2SSi/c1-16(2)28(17(3)4,18(5)6)27-21-8-7-19-9-12-24(22(19)15-21)13-10-20(11-14-24)23(25)26/h7-8,15-18,20H,9-14H2,1-6H3,(H,25,26). The van der Waals surface area contributed by atoms with Gasteiger partial charge < -0.3 is 5.11 Å². The number of hydrogen-bond donors (Lipinski definition) is 1. The maximum absolute atomic E-state index is 11.4. The Morgan fingerprint density at radius 1 is 1.04 bits per heavy atom. The molecule has 0 heterocycles. The first-order valence-corrected chi connectivity index (χ1v) is 14.9. The molecule has 2 nitrogen and oxygen atoms in total. The van der Waals surface area contributed by atoms with Gasteiger partial charge in [-0.1, -0.05) is 47.6 Å². The Morgan fingerprint density at radius 2 is 1.61 bits per heavy atom. The van der Waals surface area contributed by atoms with Gasteiger partial charge in [-0.2, -0.15) is 11.2 Å². The minimum absolute atomic E-state index is 0.130. The molecule has 2 aliphatic rings. The number of benzene rings is 1. The van der Waals surface area contributed by atoms with Gasteiger partial charge in [-0.15, -0.1) is 0 Å². The molecule has 1 spiro atoms. The second-order valence-corrected chi connectivity index (χ2v) is 18.7. The summed E-state index contributed by atoms with van der Waals surface area (Å²) in [4.78, 5) is 12.9. The molecule has 156 valence electrons. The van der Waals surface area contributed by atoms with Crippen LogP contribution in [0.15, 0.2) is 23.1 Å². The van der Waals surface area contributed by atoms with Crippen LogP contribution in [0.2, 0.25) is 16.6 Å². The first-order valence-electron chi connectivity index (χ1n) is 11.2. The summed E-state index contributed by atoms with van der Waals surface area (Å²) in [7, 11) is -1.55. The molecule has 0 bridgehead atoms. The Balaban J connectivity index is 1.90. The number of aryl methyl sites for hydroxylation is 1. The van der Waals surface area contributed by atoms with E-state index in [1.54, 1.807) is 5.56 Å². The first kappa shape index (κ1) is 22.0. The summed E-state index contributed by atoms with van der Waals surface area (Å²) < 4.78 is 0. The first-order chi connectivity index (χ1) is 13.1. The lowest BCUT2D eigenvalue weighted by Crippen LogP contribution is -2.41. The predicted octanol–water partition coefficient (Wildman–Crippen LogP) is 7.41. The summed E-state index contributed by atoms with van der Waals surface area (Å²) in [5.41, 5.74) is 5.54. The van der Waals surface area contributed by atoms with Crippen LogP contribution in [0, 0.1) is 5.92 Å². The van der Waals surface area contributed by atoms with Gasteiger partial charge in [0.2, 0.25) is 0 Å². The van der Waals surface area contributed by atoms with Crippen molar-refractivity contribution in [2.45, 2.75) is 107 Å². The van der Waals surface area contributed by atoms with E-state index in [2.05, 4.69) is 71.0 Å². The molecule has 0 amide bonds. The normalized spacial score (nSPS) is 25.1. The number of hydrogen-bond acceptors (Lipinski definition) is 2. The SMILES string of the molecule is CC(C)[Si](Sc1ccc2c(c1)C1(CC2)CCC(C(=O)O)CC1)(C(C)C)C(C)C. The van der Waals surface area contributed by atoms with Crippen molar-refractivity contribution >= 4 is 24.4 Å². The van der Waals surface area contributed by atoms with Gasteiger partial charge in [0.05, 0.1) is 5.92 Å². The third-order valence-electron chi connectivity index (χ3n) is 7.82. The molecule has 2 aliphatic carbocycles. The van der Waals surface area contributed by atoms with Crippen LogP contribution >= 0.6 is 11.2 Å². The minimum Gasteiger partial charge on any atom is -0.481 e. The number of aliphatic carboxylic acids is 1. The average molecular weight is 419 g/mol. The highest BCUT2D eigenvalue weighted by Gasteiger charge is 2.46. The maximum Gasteiger partial charge on any atom is 0.306 e. The highest BCUT2D eigenvalue weighted by atomic mass is 32.4. The van der Waals surface area contributed by atoms with E-state index in [1.807, 2.05) is 0 Å². The van der Waals surface area contributed by atoms with Crippen LogP contribution in [-0.2, 0) is 16.6 Å². The second kappa shape index (κ2) is 8.18. The molecule has 1 N–H and O–H groups in total. The van der Waals surface area contributed by atoms with Crippen LogP contribution in [0.1, 0.15) is 84.8 Å². The summed E-state index contributed by atoms with van der Waals surface area (Å²) in [6.07, 6.45) is 6.16. The zero-order valence-corrected chi connectivity index (χ0v) is 20.4. The molecule has 3 rings (SSSR count). The number of rotatable bonds is 6. The lowest BCUT2D eigenvalue weighted by Gasteiger charge is -2.42. The Labute approximate surface area is 176 Å². The van der Waals surface area contributed by atoms with Crippen molar-refractivity contribution in [3.05, 3.63) is 29.3 Å². The Morgan fingerprint density at radius 3 is 2.11 bits per heavy atom. The van der Waals surface area contributed by atoms with Gasteiger partial charge in [0.25, 0.3) is 0 Å². The van der Waals surface area contributed by atoms with Crippen LogP contribution < -0.4 is 0 Å². The maximum atomic E-state index is 11.4. The van der Waals surface area contributed by atoms with Gasteiger partial charge in [0, 0.05) is 4.90 Å². The zero-order chi connectivity index (χ0) is 20.7. The van der Waals surface area contributed by atoms with Crippen LogP contribution in [0.3, 0.4) is 0 Å². The topological polar surface area (TPSA) is 37.3 Å². The second-order valence-electron chi connectivity index (χ2n) is 10.1. The molecule has 0 unspecified atom stereocenters. The molecular weight excluding hydrogens is 380 g/mol. The van der Waals surface area contributed by atoms with Gasteiger partial charge in [-0.25, -0.2) is 0 Å². The van der Waals surface area contributed by atoms with Crippen molar-refractivity contribution in [1.29, 1.82) is 0 Å². The molecular formula is C24H38O2SSi. The van der Waals surface area contributed by atoms with Gasteiger partial charge in [0.15, 0.2) is 0 Å². The monoisotopic (exact) mass is 418 g/mol. The third-order valence-corrected chi connectivity index (χ3v) is 20.1. The van der Waals surface area contributed by atoms with E-state index >= 15 is 0 Å². The fourth-order valence-electron chi connectivity index (χ4n) is 6.33. The summed E-state index contributed by atoms with van der Waals surface area (Å²) in [6, 6.07) is 7.28. The number of carbonyl (C=O) groups is 1. The fraction of sp³-hybridized carbons (Fsp3) is 0.708. The Hall–Kier alpha value is -0.743. The van der Waals surface area contributed by atoms with Crippen LogP contribution in [0.4, 0.5) is 0 Å². The van der Waals surface area contributed by atoms with Gasteiger partial charge in [0.1, 0.15) is 7.22 Å². The summed E-state index contributed by atoms with van der Waals surface area (Å²) >= 11 is 2.22. The average Bonchev–Trinajstić information content (AvgIpc) is 2.97. The molecule has 4 heteroatoms. The smallest absolute Gasteiger partial charge is 0.306 e. The van der Waals surface area contributed by atoms with Crippen LogP contribution in [-0.4, -0.2) is 18.3 Å². The molecule has 28 heavy (non-hydrogen) atoms. The summed E-state index contributed by atoms with van der Waals surface area (Å²) in [5, 5.41) is 9.39. The van der Waals surface area contributed by atoms with Crippen LogP contribution in [0.5, 0.6) is 0 Å². The highest BCUT2D eigenvalue weighted by Crippen LogP contribution is 2.54. The summed E-state index contributed by atoms with van der Waals surface area (Å²) in [6.45, 7) is 14.6. The van der Waals surface area contributed by atoms with E-state index in [0.717, 1.165) is 42.3 Å². The lowest BCUT2D eigenvalue weighted by molar-refractivity contribution is -0.143. The molecule has 0 radical (unpaired) electrons. The van der Waals surface area contributed by atoms with Crippen molar-refractivity contribution in [3.63, 3.8) is 0 Å². The number of carboxylic acids is 1. The van der Waals surface area contributed by atoms with Gasteiger partial charge in [-0.3, -0.25) is 4.79 Å². The quantitative estimate of drug-likeness (QED) is 0.489. The van der Waals surface area contributed by atoms with Crippen molar-refractivity contribution in [3.8, 4) is 0 Å². The predicted molar refractivity (Wildman–Crippen MR) is 123 cm³/mol. The van der Waals surface area contributed by atoms with E-state index in [4.69, 9.17) is 0 Å². The van der Waals surface area contributed by atoms with Gasteiger partial charge >= 0.3 is 5.97 Å². The largest absolute Gasteiger partial charge is 0.481 e. The van der Waals surface area contributed by atoms with Crippen LogP contribution in [0.25, 0.3) is 0 Å². The van der Waals surface area contributed by atoms with E-state index in [-0.39, 0.29) is 11.3 Å². The zero-order valence-electron chi connectivity index (χ0n) is 18.5. The molecule has 1 fully saturated rings. The minimum atomic E-state index is -1.55. The lowest BCUT2D eigenvalue weighted by atomic mass is 9.67. The number of carboxylic acid groups (broad SMARTS) is 1. The molecule has 0 atom stereocenters. The molecule has 1 saturated carbocycles.